The van der Waals surface area contributed by atoms with E-state index in [1.165, 1.54) is 6.92 Å². The molecule has 6 heteroatoms. The van der Waals surface area contributed by atoms with Crippen molar-refractivity contribution in [1.29, 1.82) is 0 Å². The molecule has 2 aliphatic heterocycles. The van der Waals surface area contributed by atoms with Crippen molar-refractivity contribution in [3.63, 3.8) is 0 Å². The van der Waals surface area contributed by atoms with Gasteiger partial charge in [-0.15, -0.1) is 0 Å². The average molecular weight is 318 g/mol. The van der Waals surface area contributed by atoms with Crippen molar-refractivity contribution >= 4 is 18.0 Å². The molecule has 4 atom stereocenters. The summed E-state index contributed by atoms with van der Waals surface area (Å²) in [6.07, 6.45) is 3.37. The molecule has 1 aromatic rings. The van der Waals surface area contributed by atoms with Crippen molar-refractivity contribution < 1.29 is 28.2 Å². The van der Waals surface area contributed by atoms with Crippen LogP contribution in [0.15, 0.2) is 16.3 Å². The van der Waals surface area contributed by atoms with E-state index in [0.29, 0.717) is 18.6 Å². The highest BCUT2D eigenvalue weighted by Crippen LogP contribution is 2.57. The summed E-state index contributed by atoms with van der Waals surface area (Å²) in [4.78, 5) is 23.7. The summed E-state index contributed by atoms with van der Waals surface area (Å²) in [6.45, 7) is 5.19. The Morgan fingerprint density at radius 1 is 1.39 bits per heavy atom. The van der Waals surface area contributed by atoms with Crippen molar-refractivity contribution in [2.45, 2.75) is 57.5 Å². The van der Waals surface area contributed by atoms with Crippen LogP contribution in [0, 0.1) is 6.92 Å². The monoisotopic (exact) mass is 318 g/mol. The molecule has 3 heterocycles. The fraction of sp³-hybridized carbons (Fsp3) is 0.529. The standard InChI is InChI=1S/C17H18O6/c1-8-6-12-13(9(2)7-20-12)14-15-17(23-15,16(19)22-14)5-4-11(8)21-10(3)18/h6-7,11,14-15H,4-5H2,1-3H3/t11-,14-,15-,17-/m0/s1. The van der Waals surface area contributed by atoms with Gasteiger partial charge in [-0.3, -0.25) is 4.79 Å². The number of carbonyl (C=O) groups excluding carboxylic acids is 2. The molecule has 4 rings (SSSR count). The normalized spacial score (nSPS) is 34.8. The minimum Gasteiger partial charge on any atom is -0.464 e. The Morgan fingerprint density at radius 2 is 2.17 bits per heavy atom. The number of ether oxygens (including phenoxy) is 3. The second-order valence-corrected chi connectivity index (χ2v) is 6.48. The maximum Gasteiger partial charge on any atom is 0.342 e. The summed E-state index contributed by atoms with van der Waals surface area (Å²) in [7, 11) is 0. The van der Waals surface area contributed by atoms with Crippen LogP contribution < -0.4 is 0 Å². The van der Waals surface area contributed by atoms with E-state index in [1.54, 1.807) is 6.26 Å². The molecule has 3 aliphatic rings. The van der Waals surface area contributed by atoms with E-state index in [4.69, 9.17) is 18.6 Å². The van der Waals surface area contributed by atoms with Gasteiger partial charge in [0.1, 0.15) is 18.0 Å². The molecule has 2 bridgehead atoms. The number of esters is 2. The van der Waals surface area contributed by atoms with Crippen LogP contribution in [-0.4, -0.2) is 29.7 Å². The van der Waals surface area contributed by atoms with E-state index < -0.39 is 17.8 Å². The van der Waals surface area contributed by atoms with Gasteiger partial charge >= 0.3 is 11.9 Å². The molecule has 1 aliphatic carbocycles. The summed E-state index contributed by atoms with van der Waals surface area (Å²) >= 11 is 0. The van der Waals surface area contributed by atoms with Crippen LogP contribution in [-0.2, 0) is 23.8 Å². The lowest BCUT2D eigenvalue weighted by Crippen LogP contribution is -2.26. The van der Waals surface area contributed by atoms with Crippen LogP contribution in [0.2, 0.25) is 0 Å². The number of hydrogen-bond acceptors (Lipinski definition) is 6. The van der Waals surface area contributed by atoms with E-state index in [0.717, 1.165) is 16.7 Å². The first kappa shape index (κ1) is 14.5. The van der Waals surface area contributed by atoms with Crippen molar-refractivity contribution in [3.8, 4) is 0 Å². The van der Waals surface area contributed by atoms with E-state index in [2.05, 4.69) is 0 Å². The van der Waals surface area contributed by atoms with E-state index in [-0.39, 0.29) is 18.0 Å². The molecule has 0 saturated carbocycles. The highest BCUT2D eigenvalue weighted by Gasteiger charge is 2.73. The van der Waals surface area contributed by atoms with Gasteiger partial charge in [-0.25, -0.2) is 4.79 Å². The van der Waals surface area contributed by atoms with Gasteiger partial charge in [0.15, 0.2) is 11.7 Å². The van der Waals surface area contributed by atoms with Crippen molar-refractivity contribution in [2.24, 2.45) is 0 Å². The lowest BCUT2D eigenvalue weighted by Gasteiger charge is -2.19. The molecule has 2 fully saturated rings. The van der Waals surface area contributed by atoms with Gasteiger partial charge < -0.3 is 18.6 Å². The lowest BCUT2D eigenvalue weighted by molar-refractivity contribution is -0.154. The van der Waals surface area contributed by atoms with E-state index in [1.807, 2.05) is 19.9 Å². The predicted molar refractivity (Wildman–Crippen MR) is 78.3 cm³/mol. The molecule has 1 aromatic heterocycles. The maximum atomic E-state index is 12.3. The van der Waals surface area contributed by atoms with Crippen LogP contribution in [0.4, 0.5) is 0 Å². The summed E-state index contributed by atoms with van der Waals surface area (Å²) in [5.74, 6) is -0.0587. The summed E-state index contributed by atoms with van der Waals surface area (Å²) in [6, 6.07) is 0. The number of epoxide rings is 1. The van der Waals surface area contributed by atoms with Gasteiger partial charge in [0.2, 0.25) is 0 Å². The van der Waals surface area contributed by atoms with Crippen molar-refractivity contribution in [3.05, 3.63) is 28.7 Å². The summed E-state index contributed by atoms with van der Waals surface area (Å²) in [5, 5.41) is 0. The van der Waals surface area contributed by atoms with Gasteiger partial charge in [-0.1, -0.05) is 0 Å². The summed E-state index contributed by atoms with van der Waals surface area (Å²) < 4.78 is 22.3. The second-order valence-electron chi connectivity index (χ2n) is 6.48. The number of fused-ring (bicyclic) bond motifs is 2. The Morgan fingerprint density at radius 3 is 2.87 bits per heavy atom. The quantitative estimate of drug-likeness (QED) is 0.584. The Balaban J connectivity index is 1.81. The Labute approximate surface area is 133 Å². The van der Waals surface area contributed by atoms with E-state index >= 15 is 0 Å². The molecule has 0 amide bonds. The van der Waals surface area contributed by atoms with Crippen LogP contribution in [0.5, 0.6) is 0 Å². The molecule has 0 radical (unpaired) electrons. The van der Waals surface area contributed by atoms with Gasteiger partial charge in [0, 0.05) is 12.5 Å². The molecule has 122 valence electrons. The highest BCUT2D eigenvalue weighted by molar-refractivity contribution is 5.87. The van der Waals surface area contributed by atoms with Gasteiger partial charge in [0.25, 0.3) is 0 Å². The van der Waals surface area contributed by atoms with Crippen molar-refractivity contribution in [1.82, 2.24) is 0 Å². The first-order valence-corrected chi connectivity index (χ1v) is 7.74. The van der Waals surface area contributed by atoms with Crippen LogP contribution in [0.25, 0.3) is 6.08 Å². The Bertz CT molecular complexity index is 729. The SMILES string of the molecule is CC(=O)O[C@H]1CC[C@]23O[C@H]2[C@@H](OC3=O)c2c(C)coc2C=C1C. The van der Waals surface area contributed by atoms with Crippen LogP contribution >= 0.6 is 0 Å². The zero-order valence-electron chi connectivity index (χ0n) is 13.3. The molecule has 0 spiro atoms. The minimum absolute atomic E-state index is 0.283. The van der Waals surface area contributed by atoms with Crippen LogP contribution in [0.1, 0.15) is 49.7 Å². The number of furan rings is 1. The molecule has 0 aromatic carbocycles. The molecule has 0 unspecified atom stereocenters. The third kappa shape index (κ3) is 2.05. The average Bonchev–Trinajstić information content (AvgIpc) is 3.03. The predicted octanol–water partition coefficient (Wildman–Crippen LogP) is 2.45. The smallest absolute Gasteiger partial charge is 0.342 e. The number of carbonyl (C=O) groups is 2. The number of aryl methyl sites for hydroxylation is 1. The first-order chi connectivity index (χ1) is 10.9. The third-order valence-electron chi connectivity index (χ3n) is 4.88. The first-order valence-electron chi connectivity index (χ1n) is 7.74. The van der Waals surface area contributed by atoms with Crippen molar-refractivity contribution in [2.75, 3.05) is 0 Å². The lowest BCUT2D eigenvalue weighted by atomic mass is 9.90. The largest absolute Gasteiger partial charge is 0.464 e. The molecule has 6 nitrogen and oxygen atoms in total. The van der Waals surface area contributed by atoms with Crippen LogP contribution in [0.3, 0.4) is 0 Å². The number of hydrogen-bond donors (Lipinski definition) is 0. The highest BCUT2D eigenvalue weighted by atomic mass is 16.7. The number of rotatable bonds is 1. The Hall–Kier alpha value is -2.08. The maximum absolute atomic E-state index is 12.3. The van der Waals surface area contributed by atoms with Gasteiger partial charge in [-0.2, -0.15) is 0 Å². The molecule has 23 heavy (non-hydrogen) atoms. The fourth-order valence-electron chi connectivity index (χ4n) is 3.63. The third-order valence-corrected chi connectivity index (χ3v) is 4.88. The van der Waals surface area contributed by atoms with Gasteiger partial charge in [0.05, 0.1) is 6.26 Å². The minimum atomic E-state index is -0.887. The molecule has 0 N–H and O–H groups in total. The zero-order valence-corrected chi connectivity index (χ0v) is 13.3. The second kappa shape index (κ2) is 4.71. The Kier molecular flexibility index (Phi) is 2.97. The van der Waals surface area contributed by atoms with Gasteiger partial charge in [-0.05, 0) is 43.9 Å². The molecular formula is C17H18O6. The molecular weight excluding hydrogens is 300 g/mol. The topological polar surface area (TPSA) is 78.3 Å². The van der Waals surface area contributed by atoms with E-state index in [9.17, 15) is 9.59 Å². The fourth-order valence-corrected chi connectivity index (χ4v) is 3.63. The zero-order chi connectivity index (χ0) is 16.4. The molecule has 2 saturated heterocycles. The summed E-state index contributed by atoms with van der Waals surface area (Å²) in [5.41, 5.74) is 1.74.